The van der Waals surface area contributed by atoms with Gasteiger partial charge in [0.15, 0.2) is 0 Å². The number of hydrogen-bond acceptors (Lipinski definition) is 3. The molecule has 0 unspecified atom stereocenters. The molecule has 5 heteroatoms. The Morgan fingerprint density at radius 2 is 1.48 bits per heavy atom. The van der Waals surface area contributed by atoms with E-state index in [-0.39, 0.29) is 0 Å². The second kappa shape index (κ2) is 7.93. The van der Waals surface area contributed by atoms with Crippen LogP contribution in [0.4, 0.5) is 5.69 Å². The number of nitrogens with zero attached hydrogens (tertiary/aromatic N) is 2. The van der Waals surface area contributed by atoms with Gasteiger partial charge in [0.1, 0.15) is 0 Å². The Hall–Kier alpha value is -1.98. The SMILES string of the molecule is Cc1ccc(C=Nc2ccc(S(=O)(=O)N3CCCCCC3)cc2)cc1. The largest absolute Gasteiger partial charge is 0.256 e. The molecule has 1 aliphatic heterocycles. The number of aliphatic imine (C=N–C) groups is 1. The van der Waals surface area contributed by atoms with Crippen LogP contribution in [0.5, 0.6) is 0 Å². The number of sulfonamides is 1. The van der Waals surface area contributed by atoms with Gasteiger partial charge in [0.25, 0.3) is 0 Å². The number of aryl methyl sites for hydroxylation is 1. The molecule has 0 aliphatic carbocycles. The van der Waals surface area contributed by atoms with E-state index >= 15 is 0 Å². The van der Waals surface area contributed by atoms with Gasteiger partial charge in [0.05, 0.1) is 10.6 Å². The van der Waals surface area contributed by atoms with Crippen LogP contribution in [0.3, 0.4) is 0 Å². The molecule has 0 spiro atoms. The van der Waals surface area contributed by atoms with E-state index in [9.17, 15) is 8.42 Å². The molecule has 0 saturated carbocycles. The molecule has 1 saturated heterocycles. The number of benzene rings is 2. The molecule has 1 fully saturated rings. The third-order valence-electron chi connectivity index (χ3n) is 4.48. The van der Waals surface area contributed by atoms with Gasteiger partial charge in [0, 0.05) is 19.3 Å². The molecule has 4 nitrogen and oxygen atoms in total. The van der Waals surface area contributed by atoms with Crippen LogP contribution in [-0.2, 0) is 10.0 Å². The Labute approximate surface area is 150 Å². The highest BCUT2D eigenvalue weighted by Gasteiger charge is 2.24. The van der Waals surface area contributed by atoms with Gasteiger partial charge in [-0.1, -0.05) is 42.7 Å². The molecule has 2 aromatic rings. The summed E-state index contributed by atoms with van der Waals surface area (Å²) in [5.74, 6) is 0. The normalized spacial score (nSPS) is 16.8. The molecule has 1 aliphatic rings. The van der Waals surface area contributed by atoms with Gasteiger partial charge in [0.2, 0.25) is 10.0 Å². The molecule has 25 heavy (non-hydrogen) atoms. The first-order valence-corrected chi connectivity index (χ1v) is 10.2. The van der Waals surface area contributed by atoms with Gasteiger partial charge in [-0.15, -0.1) is 0 Å². The third-order valence-corrected chi connectivity index (χ3v) is 6.39. The Balaban J connectivity index is 1.73. The van der Waals surface area contributed by atoms with Gasteiger partial charge in [-0.05, 0) is 49.6 Å². The van der Waals surface area contributed by atoms with Crippen LogP contribution in [0, 0.1) is 6.92 Å². The molecule has 0 N–H and O–H groups in total. The minimum absolute atomic E-state index is 0.351. The van der Waals surface area contributed by atoms with Crippen LogP contribution in [0.15, 0.2) is 58.4 Å². The lowest BCUT2D eigenvalue weighted by Crippen LogP contribution is -2.31. The van der Waals surface area contributed by atoms with Crippen molar-refractivity contribution in [1.82, 2.24) is 4.31 Å². The highest BCUT2D eigenvalue weighted by molar-refractivity contribution is 7.89. The fourth-order valence-corrected chi connectivity index (χ4v) is 4.45. The summed E-state index contributed by atoms with van der Waals surface area (Å²) < 4.78 is 27.1. The predicted molar refractivity (Wildman–Crippen MR) is 102 cm³/mol. The summed E-state index contributed by atoms with van der Waals surface area (Å²) in [5, 5.41) is 0. The highest BCUT2D eigenvalue weighted by Crippen LogP contribution is 2.22. The quantitative estimate of drug-likeness (QED) is 0.767. The molecule has 0 atom stereocenters. The Morgan fingerprint density at radius 1 is 0.880 bits per heavy atom. The molecule has 0 aromatic heterocycles. The van der Waals surface area contributed by atoms with E-state index in [0.717, 1.165) is 36.9 Å². The molecular weight excluding hydrogens is 332 g/mol. The van der Waals surface area contributed by atoms with E-state index in [0.29, 0.717) is 18.0 Å². The first kappa shape index (κ1) is 17.8. The summed E-state index contributed by atoms with van der Waals surface area (Å²) in [7, 11) is -3.39. The van der Waals surface area contributed by atoms with Crippen molar-refractivity contribution < 1.29 is 8.42 Å². The molecule has 132 valence electrons. The average molecular weight is 356 g/mol. The summed E-state index contributed by atoms with van der Waals surface area (Å²) in [6.07, 6.45) is 5.89. The molecule has 3 rings (SSSR count). The van der Waals surface area contributed by atoms with Gasteiger partial charge < -0.3 is 0 Å². The lowest BCUT2D eigenvalue weighted by atomic mass is 10.2. The maximum Gasteiger partial charge on any atom is 0.243 e. The summed E-state index contributed by atoms with van der Waals surface area (Å²) in [5.41, 5.74) is 2.97. The van der Waals surface area contributed by atoms with Crippen molar-refractivity contribution in [2.24, 2.45) is 4.99 Å². The van der Waals surface area contributed by atoms with E-state index in [1.807, 2.05) is 31.2 Å². The van der Waals surface area contributed by atoms with E-state index in [4.69, 9.17) is 0 Å². The minimum Gasteiger partial charge on any atom is -0.256 e. The van der Waals surface area contributed by atoms with Crippen LogP contribution < -0.4 is 0 Å². The molecule has 1 heterocycles. The average Bonchev–Trinajstić information content (AvgIpc) is 2.92. The van der Waals surface area contributed by atoms with Gasteiger partial charge in [-0.25, -0.2) is 8.42 Å². The van der Waals surface area contributed by atoms with Crippen LogP contribution in [-0.4, -0.2) is 32.0 Å². The van der Waals surface area contributed by atoms with Crippen LogP contribution in [0.2, 0.25) is 0 Å². The third kappa shape index (κ3) is 4.55. The predicted octanol–water partition coefficient (Wildman–Crippen LogP) is 4.31. The van der Waals surface area contributed by atoms with Gasteiger partial charge >= 0.3 is 0 Å². The summed E-state index contributed by atoms with van der Waals surface area (Å²) in [6, 6.07) is 14.9. The maximum absolute atomic E-state index is 12.8. The zero-order valence-electron chi connectivity index (χ0n) is 14.6. The van der Waals surface area contributed by atoms with Crippen molar-refractivity contribution >= 4 is 21.9 Å². The van der Waals surface area contributed by atoms with Crippen molar-refractivity contribution in [3.05, 3.63) is 59.7 Å². The standard InChI is InChI=1S/C20H24N2O2S/c1-17-6-8-18(9-7-17)16-21-19-10-12-20(13-11-19)25(23,24)22-14-4-2-3-5-15-22/h6-13,16H,2-5,14-15H2,1H3. The summed E-state index contributed by atoms with van der Waals surface area (Å²) >= 11 is 0. The Morgan fingerprint density at radius 3 is 2.08 bits per heavy atom. The van der Waals surface area contributed by atoms with Gasteiger partial charge in [-0.3, -0.25) is 4.99 Å². The van der Waals surface area contributed by atoms with Crippen molar-refractivity contribution in [2.45, 2.75) is 37.5 Å². The molecular formula is C20H24N2O2S. The van der Waals surface area contributed by atoms with E-state index in [1.54, 1.807) is 34.8 Å². The summed E-state index contributed by atoms with van der Waals surface area (Å²) in [6.45, 7) is 3.29. The first-order valence-electron chi connectivity index (χ1n) is 8.77. The van der Waals surface area contributed by atoms with E-state index in [2.05, 4.69) is 4.99 Å². The second-order valence-electron chi connectivity index (χ2n) is 6.48. The van der Waals surface area contributed by atoms with Crippen LogP contribution >= 0.6 is 0 Å². The molecule has 2 aromatic carbocycles. The summed E-state index contributed by atoms with van der Waals surface area (Å²) in [4.78, 5) is 4.77. The molecule has 0 amide bonds. The maximum atomic E-state index is 12.8. The topological polar surface area (TPSA) is 49.7 Å². The number of rotatable bonds is 4. The zero-order valence-corrected chi connectivity index (χ0v) is 15.4. The Bertz CT molecular complexity index is 817. The lowest BCUT2D eigenvalue weighted by Gasteiger charge is -2.19. The monoisotopic (exact) mass is 356 g/mol. The van der Waals surface area contributed by atoms with Crippen LogP contribution in [0.1, 0.15) is 36.8 Å². The van der Waals surface area contributed by atoms with E-state index < -0.39 is 10.0 Å². The van der Waals surface area contributed by atoms with Crippen LogP contribution in [0.25, 0.3) is 0 Å². The molecule has 0 bridgehead atoms. The fraction of sp³-hybridized carbons (Fsp3) is 0.350. The van der Waals surface area contributed by atoms with Crippen molar-refractivity contribution in [3.8, 4) is 0 Å². The molecule has 0 radical (unpaired) electrons. The minimum atomic E-state index is -3.39. The number of hydrogen-bond donors (Lipinski definition) is 0. The van der Waals surface area contributed by atoms with E-state index in [1.165, 1.54) is 5.56 Å². The lowest BCUT2D eigenvalue weighted by molar-refractivity contribution is 0.424. The van der Waals surface area contributed by atoms with Crippen molar-refractivity contribution in [3.63, 3.8) is 0 Å². The first-order chi connectivity index (χ1) is 12.1. The highest BCUT2D eigenvalue weighted by atomic mass is 32.2. The van der Waals surface area contributed by atoms with Crippen molar-refractivity contribution in [2.75, 3.05) is 13.1 Å². The Kier molecular flexibility index (Phi) is 5.66. The zero-order chi connectivity index (χ0) is 17.7. The smallest absolute Gasteiger partial charge is 0.243 e. The van der Waals surface area contributed by atoms with Gasteiger partial charge in [-0.2, -0.15) is 4.31 Å². The second-order valence-corrected chi connectivity index (χ2v) is 8.42. The fourth-order valence-electron chi connectivity index (χ4n) is 2.94. The van der Waals surface area contributed by atoms with Crippen molar-refractivity contribution in [1.29, 1.82) is 0 Å².